The fourth-order valence-electron chi connectivity index (χ4n) is 3.15. The lowest BCUT2D eigenvalue weighted by atomic mass is 9.92. The van der Waals surface area contributed by atoms with E-state index in [9.17, 15) is 9.50 Å². The van der Waals surface area contributed by atoms with Crippen LogP contribution in [0.2, 0.25) is 5.02 Å². The molecule has 1 aromatic carbocycles. The second-order valence-electron chi connectivity index (χ2n) is 5.51. The molecule has 0 heterocycles. The summed E-state index contributed by atoms with van der Waals surface area (Å²) in [5.74, 6) is 1.76. The molecule has 1 nitrogen and oxygen atoms in total. The first-order chi connectivity index (χ1) is 8.13. The Balaban J connectivity index is 1.63. The van der Waals surface area contributed by atoms with Gasteiger partial charge in [-0.3, -0.25) is 0 Å². The van der Waals surface area contributed by atoms with Crippen LogP contribution in [0.5, 0.6) is 0 Å². The zero-order chi connectivity index (χ0) is 12.0. The van der Waals surface area contributed by atoms with Crippen molar-refractivity contribution >= 4 is 11.6 Å². The van der Waals surface area contributed by atoms with Crippen molar-refractivity contribution in [1.29, 1.82) is 0 Å². The van der Waals surface area contributed by atoms with Crippen LogP contribution in [0.15, 0.2) is 18.2 Å². The molecule has 0 bridgehead atoms. The topological polar surface area (TPSA) is 20.2 Å². The Kier molecular flexibility index (Phi) is 2.87. The van der Waals surface area contributed by atoms with Crippen LogP contribution in [0.1, 0.15) is 24.8 Å². The maximum atomic E-state index is 13.3. The molecule has 2 fully saturated rings. The van der Waals surface area contributed by atoms with E-state index in [4.69, 9.17) is 11.6 Å². The number of fused-ring (bicyclic) bond motifs is 1. The molecule has 2 aliphatic carbocycles. The van der Waals surface area contributed by atoms with Gasteiger partial charge in [-0.2, -0.15) is 0 Å². The lowest BCUT2D eigenvalue weighted by molar-refractivity contribution is 0.104. The fourth-order valence-corrected chi connectivity index (χ4v) is 3.27. The monoisotopic (exact) mass is 254 g/mol. The minimum absolute atomic E-state index is 0.144. The summed E-state index contributed by atoms with van der Waals surface area (Å²) >= 11 is 5.63. The predicted octanol–water partition coefficient (Wildman–Crippen LogP) is 3.43. The van der Waals surface area contributed by atoms with Crippen molar-refractivity contribution in [1.82, 2.24) is 0 Å². The van der Waals surface area contributed by atoms with Crippen LogP contribution in [0.25, 0.3) is 0 Å². The standard InChI is InChI=1S/C14H16ClFO/c15-12-2-1-8(3-13(12)16)4-14(17)11-6-9-5-10(9)7-11/h1-3,9-11,14,17H,4-7H2. The van der Waals surface area contributed by atoms with E-state index in [1.54, 1.807) is 12.1 Å². The van der Waals surface area contributed by atoms with Crippen molar-refractivity contribution in [3.05, 3.63) is 34.6 Å². The van der Waals surface area contributed by atoms with E-state index in [0.29, 0.717) is 12.3 Å². The maximum absolute atomic E-state index is 13.3. The lowest BCUT2D eigenvalue weighted by Gasteiger charge is -2.19. The SMILES string of the molecule is OC(Cc1ccc(Cl)c(F)c1)C1CC2CC2C1. The number of aliphatic hydroxyl groups excluding tert-OH is 1. The van der Waals surface area contributed by atoms with E-state index >= 15 is 0 Å². The highest BCUT2D eigenvalue weighted by molar-refractivity contribution is 6.30. The normalized spacial score (nSPS) is 32.3. The summed E-state index contributed by atoms with van der Waals surface area (Å²) in [5, 5.41) is 10.3. The first kappa shape index (κ1) is 11.5. The summed E-state index contributed by atoms with van der Waals surface area (Å²) in [6.07, 6.45) is 3.88. The zero-order valence-corrected chi connectivity index (χ0v) is 10.3. The van der Waals surface area contributed by atoms with Gasteiger partial charge in [0.2, 0.25) is 0 Å². The van der Waals surface area contributed by atoms with Gasteiger partial charge in [0.25, 0.3) is 0 Å². The van der Waals surface area contributed by atoms with Gasteiger partial charge in [-0.15, -0.1) is 0 Å². The number of rotatable bonds is 3. The maximum Gasteiger partial charge on any atom is 0.142 e. The van der Waals surface area contributed by atoms with Gasteiger partial charge in [-0.05, 0) is 61.1 Å². The molecular weight excluding hydrogens is 239 g/mol. The second kappa shape index (κ2) is 4.25. The van der Waals surface area contributed by atoms with Crippen LogP contribution < -0.4 is 0 Å². The molecule has 0 amide bonds. The molecule has 0 saturated heterocycles. The first-order valence-electron chi connectivity index (χ1n) is 6.25. The van der Waals surface area contributed by atoms with Crippen molar-refractivity contribution in [2.24, 2.45) is 17.8 Å². The minimum Gasteiger partial charge on any atom is -0.392 e. The Morgan fingerprint density at radius 1 is 1.29 bits per heavy atom. The molecule has 3 unspecified atom stereocenters. The van der Waals surface area contributed by atoms with Crippen LogP contribution in [0, 0.1) is 23.6 Å². The van der Waals surface area contributed by atoms with Gasteiger partial charge in [0, 0.05) is 0 Å². The van der Waals surface area contributed by atoms with Crippen molar-refractivity contribution in [2.45, 2.75) is 31.8 Å². The summed E-state index contributed by atoms with van der Waals surface area (Å²) in [6, 6.07) is 4.79. The quantitative estimate of drug-likeness (QED) is 0.876. The molecule has 2 aliphatic rings. The third-order valence-corrected chi connectivity index (χ3v) is 4.56. The molecule has 3 atom stereocenters. The van der Waals surface area contributed by atoms with Gasteiger partial charge in [0.15, 0.2) is 0 Å². The number of benzene rings is 1. The molecule has 0 aliphatic heterocycles. The van der Waals surface area contributed by atoms with Crippen LogP contribution in [0.4, 0.5) is 4.39 Å². The van der Waals surface area contributed by atoms with Gasteiger partial charge < -0.3 is 5.11 Å². The smallest absolute Gasteiger partial charge is 0.142 e. The molecule has 0 radical (unpaired) electrons. The number of aliphatic hydroxyl groups is 1. The van der Waals surface area contributed by atoms with Gasteiger partial charge >= 0.3 is 0 Å². The van der Waals surface area contributed by atoms with Crippen molar-refractivity contribution in [3.63, 3.8) is 0 Å². The number of hydrogen-bond donors (Lipinski definition) is 1. The Labute approximate surface area is 106 Å². The Morgan fingerprint density at radius 2 is 2.00 bits per heavy atom. The molecule has 1 aromatic rings. The van der Waals surface area contributed by atoms with E-state index in [0.717, 1.165) is 30.2 Å². The number of halogens is 2. The third kappa shape index (κ3) is 2.34. The minimum atomic E-state index is -0.398. The third-order valence-electron chi connectivity index (χ3n) is 4.25. The van der Waals surface area contributed by atoms with E-state index < -0.39 is 5.82 Å². The van der Waals surface area contributed by atoms with E-state index in [1.165, 1.54) is 12.5 Å². The molecular formula is C14H16ClFO. The second-order valence-corrected chi connectivity index (χ2v) is 5.91. The highest BCUT2D eigenvalue weighted by atomic mass is 35.5. The largest absolute Gasteiger partial charge is 0.392 e. The van der Waals surface area contributed by atoms with E-state index in [1.807, 2.05) is 0 Å². The molecule has 1 N–H and O–H groups in total. The fraction of sp³-hybridized carbons (Fsp3) is 0.571. The number of hydrogen-bond acceptors (Lipinski definition) is 1. The Hall–Kier alpha value is -0.600. The molecule has 17 heavy (non-hydrogen) atoms. The summed E-state index contributed by atoms with van der Waals surface area (Å²) in [5.41, 5.74) is 0.833. The van der Waals surface area contributed by atoms with Gasteiger partial charge in [0.05, 0.1) is 11.1 Å². The molecule has 3 heteroatoms. The Morgan fingerprint density at radius 3 is 2.65 bits per heavy atom. The van der Waals surface area contributed by atoms with Crippen LogP contribution in [-0.2, 0) is 6.42 Å². The van der Waals surface area contributed by atoms with Crippen molar-refractivity contribution in [3.8, 4) is 0 Å². The van der Waals surface area contributed by atoms with E-state index in [2.05, 4.69) is 0 Å². The van der Waals surface area contributed by atoms with Crippen molar-refractivity contribution in [2.75, 3.05) is 0 Å². The van der Waals surface area contributed by atoms with Gasteiger partial charge in [-0.1, -0.05) is 17.7 Å². The molecule has 3 rings (SSSR count). The average molecular weight is 255 g/mol. The van der Waals surface area contributed by atoms with E-state index in [-0.39, 0.29) is 11.1 Å². The summed E-state index contributed by atoms with van der Waals surface area (Å²) < 4.78 is 13.3. The molecule has 0 aromatic heterocycles. The summed E-state index contributed by atoms with van der Waals surface area (Å²) in [7, 11) is 0. The predicted molar refractivity (Wildman–Crippen MR) is 65.4 cm³/mol. The van der Waals surface area contributed by atoms with Gasteiger partial charge in [-0.25, -0.2) is 4.39 Å². The molecule has 2 saturated carbocycles. The van der Waals surface area contributed by atoms with Crippen LogP contribution in [-0.4, -0.2) is 11.2 Å². The van der Waals surface area contributed by atoms with Crippen LogP contribution >= 0.6 is 11.6 Å². The first-order valence-corrected chi connectivity index (χ1v) is 6.63. The zero-order valence-electron chi connectivity index (χ0n) is 9.57. The van der Waals surface area contributed by atoms with Gasteiger partial charge in [0.1, 0.15) is 5.82 Å². The highest BCUT2D eigenvalue weighted by Gasteiger charge is 2.47. The highest BCUT2D eigenvalue weighted by Crippen LogP contribution is 2.55. The van der Waals surface area contributed by atoms with Crippen LogP contribution in [0.3, 0.4) is 0 Å². The average Bonchev–Trinajstić information content (AvgIpc) is 2.91. The summed E-state index contributed by atoms with van der Waals surface area (Å²) in [4.78, 5) is 0. The Bertz CT molecular complexity index is 424. The molecule has 0 spiro atoms. The molecule has 92 valence electrons. The lowest BCUT2D eigenvalue weighted by Crippen LogP contribution is -2.21. The summed E-state index contributed by atoms with van der Waals surface area (Å²) in [6.45, 7) is 0. The van der Waals surface area contributed by atoms with Crippen molar-refractivity contribution < 1.29 is 9.50 Å².